The van der Waals surface area contributed by atoms with Crippen LogP contribution in [0.4, 0.5) is 0 Å². The first-order valence-electron chi connectivity index (χ1n) is 5.78. The molecule has 0 aromatic heterocycles. The van der Waals surface area contributed by atoms with Crippen LogP contribution in [0.1, 0.15) is 33.6 Å². The minimum absolute atomic E-state index is 0.0657. The zero-order valence-electron chi connectivity index (χ0n) is 10.3. The van der Waals surface area contributed by atoms with E-state index >= 15 is 0 Å². The lowest BCUT2D eigenvalue weighted by molar-refractivity contribution is -0.142. The van der Waals surface area contributed by atoms with E-state index in [1.54, 1.807) is 13.8 Å². The Kier molecular flexibility index (Phi) is 8.52. The van der Waals surface area contributed by atoms with E-state index in [1.165, 1.54) is 0 Å². The van der Waals surface area contributed by atoms with Gasteiger partial charge >= 0.3 is 5.97 Å². The molecule has 16 heavy (non-hydrogen) atoms. The summed E-state index contributed by atoms with van der Waals surface area (Å²) in [5.74, 6) is -0.423. The first kappa shape index (κ1) is 14.9. The van der Waals surface area contributed by atoms with Crippen LogP contribution < -0.4 is 10.6 Å². The van der Waals surface area contributed by atoms with Gasteiger partial charge in [-0.25, -0.2) is 0 Å². The quantitative estimate of drug-likeness (QED) is 0.469. The number of hydrogen-bond acceptors (Lipinski definition) is 4. The van der Waals surface area contributed by atoms with E-state index < -0.39 is 0 Å². The number of unbranched alkanes of at least 4 members (excludes halogenated alkanes) is 1. The molecule has 0 radical (unpaired) electrons. The van der Waals surface area contributed by atoms with Crippen molar-refractivity contribution < 1.29 is 14.3 Å². The summed E-state index contributed by atoms with van der Waals surface area (Å²) in [5.41, 5.74) is 0. The van der Waals surface area contributed by atoms with Gasteiger partial charge < -0.3 is 10.1 Å². The number of ether oxygens (including phenoxy) is 1. The van der Waals surface area contributed by atoms with Gasteiger partial charge in [-0.05, 0) is 20.3 Å². The average molecular weight is 230 g/mol. The molecule has 0 aliphatic heterocycles. The van der Waals surface area contributed by atoms with Crippen LogP contribution in [0.2, 0.25) is 0 Å². The van der Waals surface area contributed by atoms with Crippen LogP contribution in [0.3, 0.4) is 0 Å². The Labute approximate surface area is 96.9 Å². The van der Waals surface area contributed by atoms with E-state index in [2.05, 4.69) is 17.6 Å². The minimum Gasteiger partial charge on any atom is -0.465 e. The fourth-order valence-corrected chi connectivity index (χ4v) is 1.08. The predicted molar refractivity (Wildman–Crippen MR) is 62.0 cm³/mol. The molecular weight excluding hydrogens is 208 g/mol. The molecule has 0 aliphatic carbocycles. The maximum Gasteiger partial charge on any atom is 0.319 e. The van der Waals surface area contributed by atoms with Crippen LogP contribution >= 0.6 is 0 Å². The second-order valence-corrected chi connectivity index (χ2v) is 3.55. The van der Waals surface area contributed by atoms with Gasteiger partial charge in [0.2, 0.25) is 5.91 Å². The number of amides is 1. The molecule has 0 aromatic rings. The smallest absolute Gasteiger partial charge is 0.319 e. The van der Waals surface area contributed by atoms with Gasteiger partial charge in [-0.15, -0.1) is 0 Å². The molecule has 0 saturated heterocycles. The SMILES string of the molecule is CCCCNC(=O)C(C)NCC(=O)OCC. The predicted octanol–water partition coefficient (Wildman–Crippen LogP) is 0.444. The summed E-state index contributed by atoms with van der Waals surface area (Å²) < 4.78 is 4.74. The molecule has 1 amide bonds. The van der Waals surface area contributed by atoms with Crippen LogP contribution in [0, 0.1) is 0 Å². The number of carbonyl (C=O) groups is 2. The van der Waals surface area contributed by atoms with Crippen molar-refractivity contribution in [1.29, 1.82) is 0 Å². The highest BCUT2D eigenvalue weighted by Gasteiger charge is 2.12. The summed E-state index contributed by atoms with van der Waals surface area (Å²) in [6, 6.07) is -0.374. The summed E-state index contributed by atoms with van der Waals surface area (Å²) in [6.45, 7) is 6.64. The average Bonchev–Trinajstić information content (AvgIpc) is 2.26. The Morgan fingerprint density at radius 1 is 1.31 bits per heavy atom. The number of hydrogen-bond donors (Lipinski definition) is 2. The first-order valence-corrected chi connectivity index (χ1v) is 5.78. The largest absolute Gasteiger partial charge is 0.465 e. The Hall–Kier alpha value is -1.10. The second kappa shape index (κ2) is 9.15. The molecule has 0 aromatic carbocycles. The topological polar surface area (TPSA) is 67.4 Å². The summed E-state index contributed by atoms with van der Waals surface area (Å²) in [5, 5.41) is 5.59. The van der Waals surface area contributed by atoms with E-state index in [9.17, 15) is 9.59 Å². The van der Waals surface area contributed by atoms with E-state index in [0.29, 0.717) is 13.2 Å². The van der Waals surface area contributed by atoms with Crippen LogP contribution in [0.15, 0.2) is 0 Å². The number of rotatable bonds is 8. The van der Waals surface area contributed by atoms with Crippen molar-refractivity contribution in [2.75, 3.05) is 19.7 Å². The highest BCUT2D eigenvalue weighted by Crippen LogP contribution is 1.86. The standard InChI is InChI=1S/C11H22N2O3/c1-4-6-7-12-11(15)9(3)13-8-10(14)16-5-2/h9,13H,4-8H2,1-3H3,(H,12,15). The molecule has 0 bridgehead atoms. The molecule has 0 rings (SSSR count). The number of nitrogens with one attached hydrogen (secondary N) is 2. The summed E-state index contributed by atoms with van der Waals surface area (Å²) in [6.07, 6.45) is 2.02. The van der Waals surface area contributed by atoms with Gasteiger partial charge in [0.25, 0.3) is 0 Å². The van der Waals surface area contributed by atoms with Gasteiger partial charge in [0.15, 0.2) is 0 Å². The zero-order chi connectivity index (χ0) is 12.4. The molecule has 2 N–H and O–H groups in total. The van der Waals surface area contributed by atoms with Crippen LogP contribution in [-0.2, 0) is 14.3 Å². The Bertz CT molecular complexity index is 219. The highest BCUT2D eigenvalue weighted by molar-refractivity contribution is 5.82. The van der Waals surface area contributed by atoms with Gasteiger partial charge in [0.1, 0.15) is 0 Å². The molecule has 0 spiro atoms. The van der Waals surface area contributed by atoms with Crippen molar-refractivity contribution in [3.8, 4) is 0 Å². The minimum atomic E-state index is -0.374. The number of carbonyl (C=O) groups excluding carboxylic acids is 2. The molecule has 1 atom stereocenters. The van der Waals surface area contributed by atoms with Crippen molar-refractivity contribution in [2.45, 2.75) is 39.7 Å². The van der Waals surface area contributed by atoms with Gasteiger partial charge in [-0.1, -0.05) is 13.3 Å². The Morgan fingerprint density at radius 2 is 2.00 bits per heavy atom. The maximum atomic E-state index is 11.5. The summed E-state index contributed by atoms with van der Waals surface area (Å²) in [7, 11) is 0. The van der Waals surface area contributed by atoms with E-state index in [1.807, 2.05) is 0 Å². The van der Waals surface area contributed by atoms with E-state index in [-0.39, 0.29) is 24.5 Å². The molecule has 0 fully saturated rings. The maximum absolute atomic E-state index is 11.5. The Morgan fingerprint density at radius 3 is 2.56 bits per heavy atom. The lowest BCUT2D eigenvalue weighted by Crippen LogP contribution is -2.44. The fourth-order valence-electron chi connectivity index (χ4n) is 1.08. The van der Waals surface area contributed by atoms with Crippen LogP contribution in [-0.4, -0.2) is 37.6 Å². The van der Waals surface area contributed by atoms with Crippen molar-refractivity contribution >= 4 is 11.9 Å². The van der Waals surface area contributed by atoms with Crippen molar-refractivity contribution in [1.82, 2.24) is 10.6 Å². The van der Waals surface area contributed by atoms with Crippen LogP contribution in [0.25, 0.3) is 0 Å². The molecule has 5 heteroatoms. The number of esters is 1. The van der Waals surface area contributed by atoms with E-state index in [0.717, 1.165) is 12.8 Å². The van der Waals surface area contributed by atoms with Crippen molar-refractivity contribution in [2.24, 2.45) is 0 Å². The third-order valence-corrected chi connectivity index (χ3v) is 2.08. The lowest BCUT2D eigenvalue weighted by atomic mass is 10.3. The van der Waals surface area contributed by atoms with Gasteiger partial charge in [0.05, 0.1) is 19.2 Å². The molecule has 1 unspecified atom stereocenters. The zero-order valence-corrected chi connectivity index (χ0v) is 10.3. The molecule has 0 aliphatic rings. The normalized spacial score (nSPS) is 11.9. The fraction of sp³-hybridized carbons (Fsp3) is 0.818. The molecule has 5 nitrogen and oxygen atoms in total. The first-order chi connectivity index (χ1) is 7.61. The Balaban J connectivity index is 3.66. The summed E-state index contributed by atoms with van der Waals surface area (Å²) in [4.78, 5) is 22.5. The lowest BCUT2D eigenvalue weighted by Gasteiger charge is -2.13. The third-order valence-electron chi connectivity index (χ3n) is 2.08. The molecule has 94 valence electrons. The summed E-state index contributed by atoms with van der Waals surface area (Å²) >= 11 is 0. The van der Waals surface area contributed by atoms with Crippen molar-refractivity contribution in [3.05, 3.63) is 0 Å². The monoisotopic (exact) mass is 230 g/mol. The van der Waals surface area contributed by atoms with Gasteiger partial charge in [0, 0.05) is 6.54 Å². The van der Waals surface area contributed by atoms with Gasteiger partial charge in [-0.2, -0.15) is 0 Å². The van der Waals surface area contributed by atoms with Crippen molar-refractivity contribution in [3.63, 3.8) is 0 Å². The third kappa shape index (κ3) is 7.23. The van der Waals surface area contributed by atoms with Crippen LogP contribution in [0.5, 0.6) is 0 Å². The van der Waals surface area contributed by atoms with Gasteiger partial charge in [-0.3, -0.25) is 14.9 Å². The van der Waals surface area contributed by atoms with E-state index in [4.69, 9.17) is 4.74 Å². The molecule has 0 saturated carbocycles. The highest BCUT2D eigenvalue weighted by atomic mass is 16.5. The molecular formula is C11H22N2O3. The molecule has 0 heterocycles. The second-order valence-electron chi connectivity index (χ2n) is 3.55.